The highest BCUT2D eigenvalue weighted by atomic mass is 35.5. The van der Waals surface area contributed by atoms with Gasteiger partial charge in [0.15, 0.2) is 0 Å². The third-order valence-corrected chi connectivity index (χ3v) is 5.20. The summed E-state index contributed by atoms with van der Waals surface area (Å²) < 4.78 is 0. The molecule has 1 unspecified atom stereocenters. The van der Waals surface area contributed by atoms with Gasteiger partial charge in [-0.1, -0.05) is 54.6 Å². The predicted octanol–water partition coefficient (Wildman–Crippen LogP) is 2.47. The number of hydrogen-bond donors (Lipinski definition) is 3. The number of likely N-dealkylation sites (tertiary alicyclic amines) is 1. The summed E-state index contributed by atoms with van der Waals surface area (Å²) in [5, 5.41) is 2.71. The fraction of sp³-hybridized carbons (Fsp3) is 0.333. The normalized spacial score (nSPS) is 19.6. The van der Waals surface area contributed by atoms with Crippen LogP contribution in [0.3, 0.4) is 0 Å². The van der Waals surface area contributed by atoms with Gasteiger partial charge in [0.2, 0.25) is 5.91 Å². The number of benzene rings is 2. The highest BCUT2D eigenvalue weighted by molar-refractivity contribution is 5.85. The number of hydrogen-bond acceptors (Lipinski definition) is 3. The molecule has 1 aliphatic rings. The molecule has 1 fully saturated rings. The van der Waals surface area contributed by atoms with E-state index in [9.17, 15) is 9.59 Å². The van der Waals surface area contributed by atoms with Gasteiger partial charge in [0.05, 0.1) is 12.5 Å². The number of halogens is 1. The van der Waals surface area contributed by atoms with E-state index in [0.717, 1.165) is 16.7 Å². The fourth-order valence-electron chi connectivity index (χ4n) is 3.78. The lowest BCUT2D eigenvalue weighted by atomic mass is 9.95. The Kier molecular flexibility index (Phi) is 7.43. The smallest absolute Gasteiger partial charge is 0.312 e. The molecule has 3 amide bonds. The Morgan fingerprint density at radius 3 is 2.39 bits per heavy atom. The molecule has 0 spiro atoms. The zero-order valence-electron chi connectivity index (χ0n) is 15.9. The second-order valence-corrected chi connectivity index (χ2v) is 7.10. The number of aryl methyl sites for hydroxylation is 1. The summed E-state index contributed by atoms with van der Waals surface area (Å²) >= 11 is 0. The van der Waals surface area contributed by atoms with Gasteiger partial charge in [-0.25, -0.2) is 4.79 Å². The highest BCUT2D eigenvalue weighted by Gasteiger charge is 2.34. The molecule has 7 heteroatoms. The van der Waals surface area contributed by atoms with Crippen molar-refractivity contribution in [1.82, 2.24) is 10.2 Å². The summed E-state index contributed by atoms with van der Waals surface area (Å²) in [5.41, 5.74) is 14.7. The second kappa shape index (κ2) is 9.57. The van der Waals surface area contributed by atoms with E-state index >= 15 is 0 Å². The first-order valence-corrected chi connectivity index (χ1v) is 9.15. The van der Waals surface area contributed by atoms with Crippen molar-refractivity contribution in [2.24, 2.45) is 11.5 Å². The van der Waals surface area contributed by atoms with Gasteiger partial charge in [-0.3, -0.25) is 4.79 Å². The van der Waals surface area contributed by atoms with Crippen LogP contribution in [0.2, 0.25) is 0 Å². The Labute approximate surface area is 171 Å². The van der Waals surface area contributed by atoms with Crippen LogP contribution in [0, 0.1) is 6.92 Å². The zero-order chi connectivity index (χ0) is 19.4. The van der Waals surface area contributed by atoms with Crippen LogP contribution < -0.4 is 16.8 Å². The summed E-state index contributed by atoms with van der Waals surface area (Å²) in [4.78, 5) is 26.2. The van der Waals surface area contributed by atoms with E-state index < -0.39 is 12.1 Å². The van der Waals surface area contributed by atoms with Crippen LogP contribution in [-0.2, 0) is 4.79 Å². The van der Waals surface area contributed by atoms with E-state index in [1.54, 1.807) is 4.90 Å². The van der Waals surface area contributed by atoms with Crippen molar-refractivity contribution in [3.05, 3.63) is 71.3 Å². The maximum Gasteiger partial charge on any atom is 0.312 e. The molecule has 0 aliphatic carbocycles. The number of nitrogens with one attached hydrogen (secondary N) is 1. The fourth-order valence-corrected chi connectivity index (χ4v) is 3.78. The van der Waals surface area contributed by atoms with Crippen molar-refractivity contribution in [2.45, 2.75) is 31.3 Å². The van der Waals surface area contributed by atoms with Gasteiger partial charge in [0.25, 0.3) is 0 Å². The van der Waals surface area contributed by atoms with Crippen LogP contribution in [0.25, 0.3) is 0 Å². The van der Waals surface area contributed by atoms with Crippen molar-refractivity contribution in [3.8, 4) is 0 Å². The Bertz CT molecular complexity index is 815. The number of nitrogens with zero attached hydrogens (tertiary/aromatic N) is 1. The van der Waals surface area contributed by atoms with Crippen LogP contribution in [-0.4, -0.2) is 36.0 Å². The van der Waals surface area contributed by atoms with E-state index in [0.29, 0.717) is 13.1 Å². The van der Waals surface area contributed by atoms with E-state index in [-0.39, 0.29) is 36.7 Å². The van der Waals surface area contributed by atoms with E-state index in [1.807, 2.05) is 61.5 Å². The molecular weight excluding hydrogens is 376 g/mol. The Morgan fingerprint density at radius 1 is 1.11 bits per heavy atom. The Hall–Kier alpha value is -2.57. The molecule has 0 radical (unpaired) electrons. The minimum atomic E-state index is -0.642. The monoisotopic (exact) mass is 402 g/mol. The molecule has 0 bridgehead atoms. The standard InChI is InChI=1S/C21H26N4O2.ClH/c1-14-7-5-6-10-16(14)19(24-21(23)27)11-20(26)25-12-17(18(22)13-25)15-8-3-2-4-9-15;/h2-10,17-19H,11-13,22H2,1H3,(H3,23,24,27);1H/t17-,18+,19?;/m0./s1. The molecule has 5 N–H and O–H groups in total. The van der Waals surface area contributed by atoms with Crippen LogP contribution in [0.15, 0.2) is 54.6 Å². The molecule has 0 aromatic heterocycles. The van der Waals surface area contributed by atoms with Gasteiger partial charge >= 0.3 is 6.03 Å². The largest absolute Gasteiger partial charge is 0.352 e. The van der Waals surface area contributed by atoms with Crippen molar-refractivity contribution in [1.29, 1.82) is 0 Å². The van der Waals surface area contributed by atoms with E-state index in [2.05, 4.69) is 5.32 Å². The molecule has 6 nitrogen and oxygen atoms in total. The molecule has 150 valence electrons. The second-order valence-electron chi connectivity index (χ2n) is 7.10. The van der Waals surface area contributed by atoms with Crippen molar-refractivity contribution >= 4 is 24.3 Å². The lowest BCUT2D eigenvalue weighted by molar-refractivity contribution is -0.130. The third-order valence-electron chi connectivity index (χ3n) is 5.20. The number of amides is 3. The first kappa shape index (κ1) is 21.7. The summed E-state index contributed by atoms with van der Waals surface area (Å²) in [6.45, 7) is 3.04. The molecule has 0 saturated carbocycles. The van der Waals surface area contributed by atoms with Crippen LogP contribution >= 0.6 is 12.4 Å². The highest BCUT2D eigenvalue weighted by Crippen LogP contribution is 2.28. The first-order valence-electron chi connectivity index (χ1n) is 9.15. The minimum absolute atomic E-state index is 0. The van der Waals surface area contributed by atoms with Crippen LogP contribution in [0.4, 0.5) is 4.79 Å². The quantitative estimate of drug-likeness (QED) is 0.715. The summed E-state index contributed by atoms with van der Waals surface area (Å²) in [6, 6.07) is 16.5. The van der Waals surface area contributed by atoms with Crippen LogP contribution in [0.1, 0.15) is 35.1 Å². The average Bonchev–Trinajstić information content (AvgIpc) is 3.04. The van der Waals surface area contributed by atoms with Gasteiger partial charge in [-0.05, 0) is 23.6 Å². The number of carbonyl (C=O) groups excluding carboxylic acids is 2. The summed E-state index contributed by atoms with van der Waals surface area (Å²) in [7, 11) is 0. The number of rotatable bonds is 5. The van der Waals surface area contributed by atoms with E-state index in [4.69, 9.17) is 11.5 Å². The lowest BCUT2D eigenvalue weighted by Gasteiger charge is -2.23. The number of primary amides is 1. The number of urea groups is 1. The molecule has 28 heavy (non-hydrogen) atoms. The van der Waals surface area contributed by atoms with Gasteiger partial charge in [0, 0.05) is 25.0 Å². The van der Waals surface area contributed by atoms with E-state index in [1.165, 1.54) is 0 Å². The Balaban J connectivity index is 0.00000280. The van der Waals surface area contributed by atoms with Gasteiger partial charge in [0.1, 0.15) is 0 Å². The molecule has 2 aromatic rings. The predicted molar refractivity (Wildman–Crippen MR) is 112 cm³/mol. The minimum Gasteiger partial charge on any atom is -0.352 e. The van der Waals surface area contributed by atoms with Crippen LogP contribution in [0.5, 0.6) is 0 Å². The van der Waals surface area contributed by atoms with Crippen molar-refractivity contribution < 1.29 is 9.59 Å². The number of nitrogens with two attached hydrogens (primary N) is 2. The maximum absolute atomic E-state index is 12.9. The van der Waals surface area contributed by atoms with Gasteiger partial charge in [-0.15, -0.1) is 12.4 Å². The molecule has 3 rings (SSSR count). The molecule has 1 saturated heterocycles. The zero-order valence-corrected chi connectivity index (χ0v) is 16.7. The Morgan fingerprint density at radius 2 is 1.75 bits per heavy atom. The van der Waals surface area contributed by atoms with Crippen molar-refractivity contribution in [2.75, 3.05) is 13.1 Å². The summed E-state index contributed by atoms with van der Waals surface area (Å²) in [5.74, 6) is 0.0852. The van der Waals surface area contributed by atoms with Gasteiger partial charge < -0.3 is 21.7 Å². The average molecular weight is 403 g/mol. The van der Waals surface area contributed by atoms with Gasteiger partial charge in [-0.2, -0.15) is 0 Å². The SMILES string of the molecule is Cc1ccccc1C(CC(=O)N1C[C@@H](N)[C@H](c2ccccc2)C1)NC(N)=O.Cl. The lowest BCUT2D eigenvalue weighted by Crippen LogP contribution is -2.38. The molecular formula is C21H27ClN4O2. The summed E-state index contributed by atoms with van der Waals surface area (Å²) in [6.07, 6.45) is 0.155. The maximum atomic E-state index is 12.9. The molecule has 1 aliphatic heterocycles. The molecule has 2 aromatic carbocycles. The molecule has 3 atom stereocenters. The first-order chi connectivity index (χ1) is 13.0. The topological polar surface area (TPSA) is 101 Å². The molecule has 1 heterocycles. The number of carbonyl (C=O) groups is 2. The third kappa shape index (κ3) is 5.03. The van der Waals surface area contributed by atoms with Crippen molar-refractivity contribution in [3.63, 3.8) is 0 Å².